The van der Waals surface area contributed by atoms with Crippen LogP contribution in [0.2, 0.25) is 0 Å². The quantitative estimate of drug-likeness (QED) is 0.169. The third kappa shape index (κ3) is 4.26. The molecule has 0 radical (unpaired) electrons. The van der Waals surface area contributed by atoms with Crippen LogP contribution >= 0.6 is 0 Å². The number of furan rings is 1. The van der Waals surface area contributed by atoms with Crippen molar-refractivity contribution in [3.63, 3.8) is 0 Å². The normalized spacial score (nSPS) is 13.3. The molecule has 2 aliphatic rings. The summed E-state index contributed by atoms with van der Waals surface area (Å²) in [7, 11) is 0. The highest BCUT2D eigenvalue weighted by molar-refractivity contribution is 6.17. The van der Waals surface area contributed by atoms with Gasteiger partial charge in [-0.15, -0.1) is 0 Å². The summed E-state index contributed by atoms with van der Waals surface area (Å²) in [5, 5.41) is 7.43. The molecule has 0 bridgehead atoms. The maximum atomic E-state index is 6.13. The molecule has 11 aromatic rings. The Morgan fingerprint density at radius 2 is 0.879 bits per heavy atom. The third-order valence-electron chi connectivity index (χ3n) is 12.5. The fraction of sp³-hybridized carbons (Fsp3) is 0.0185. The van der Waals surface area contributed by atoms with Crippen molar-refractivity contribution in [1.29, 1.82) is 0 Å². The minimum Gasteiger partial charge on any atom is -0.456 e. The van der Waals surface area contributed by atoms with E-state index in [2.05, 4.69) is 127 Å². The number of nitrogens with zero attached hydrogens (tertiary/aromatic N) is 3. The SMILES string of the molecule is c1ccc(-c2nc(-c3ccc(-c4ccc5c(c4)C4(c6ccccc6-5)c5cccc6ccc7cccc4c7c56)cc3)nc(-c3ccc4oc5ccccc5c4c3)n2)cc1. The molecule has 0 saturated heterocycles. The maximum absolute atomic E-state index is 6.13. The molecule has 58 heavy (non-hydrogen) atoms. The lowest BCUT2D eigenvalue weighted by Crippen LogP contribution is -2.26. The van der Waals surface area contributed by atoms with Crippen molar-refractivity contribution in [3.8, 4) is 56.4 Å². The predicted molar refractivity (Wildman–Crippen MR) is 235 cm³/mol. The van der Waals surface area contributed by atoms with Gasteiger partial charge in [-0.2, -0.15) is 0 Å². The summed E-state index contributed by atoms with van der Waals surface area (Å²) in [6.07, 6.45) is 0. The number of fused-ring (bicyclic) bond motifs is 10. The van der Waals surface area contributed by atoms with Gasteiger partial charge in [0, 0.05) is 27.5 Å². The Kier molecular flexibility index (Phi) is 6.34. The van der Waals surface area contributed by atoms with Gasteiger partial charge >= 0.3 is 0 Å². The lowest BCUT2D eigenvalue weighted by atomic mass is 9.70. The lowest BCUT2D eigenvalue weighted by Gasteiger charge is -2.31. The molecule has 2 aromatic heterocycles. The van der Waals surface area contributed by atoms with Crippen LogP contribution in [0, 0.1) is 0 Å². The van der Waals surface area contributed by atoms with E-state index in [0.29, 0.717) is 17.5 Å². The molecule has 0 saturated carbocycles. The first-order valence-corrected chi connectivity index (χ1v) is 19.8. The summed E-state index contributed by atoms with van der Waals surface area (Å²) in [6, 6.07) is 67.4. The molecule has 0 unspecified atom stereocenters. The van der Waals surface area contributed by atoms with Crippen LogP contribution in [0.25, 0.3) is 99.9 Å². The molecule has 0 aliphatic heterocycles. The first-order chi connectivity index (χ1) is 28.7. The van der Waals surface area contributed by atoms with E-state index in [4.69, 9.17) is 19.4 Å². The minimum absolute atomic E-state index is 0.397. The summed E-state index contributed by atoms with van der Waals surface area (Å²) in [5.74, 6) is 1.87. The Morgan fingerprint density at radius 3 is 1.64 bits per heavy atom. The average Bonchev–Trinajstić information content (AvgIpc) is 3.93. The summed E-state index contributed by atoms with van der Waals surface area (Å²) in [4.78, 5) is 15.1. The highest BCUT2D eigenvalue weighted by Crippen LogP contribution is 2.62. The molecule has 0 amide bonds. The number of hydrogen-bond acceptors (Lipinski definition) is 4. The Morgan fingerprint density at radius 1 is 0.328 bits per heavy atom. The standard InChI is InChI=1S/C54H31N3O/c1-2-10-35(11-3-1)51-55-52(57-53(56-51)38-27-29-48-42(30-38)41-15-5-7-19-47(41)58-48)36-24-20-32(21-25-36)37-26-28-40-39-14-4-6-16-43(39)54(46(40)31-37)44-17-8-12-33-22-23-34-13-9-18-45(54)50(34)49(33)44/h1-31H. The van der Waals surface area contributed by atoms with E-state index in [0.717, 1.165) is 44.2 Å². The van der Waals surface area contributed by atoms with Gasteiger partial charge in [-0.05, 0) is 96.4 Å². The second-order valence-corrected chi connectivity index (χ2v) is 15.5. The molecule has 9 aromatic carbocycles. The second kappa shape index (κ2) is 11.7. The van der Waals surface area contributed by atoms with Crippen LogP contribution in [0.5, 0.6) is 0 Å². The van der Waals surface area contributed by atoms with Crippen LogP contribution in [-0.2, 0) is 5.41 Å². The molecule has 0 fully saturated rings. The van der Waals surface area contributed by atoms with E-state index in [-0.39, 0.29) is 0 Å². The molecule has 2 aliphatic carbocycles. The van der Waals surface area contributed by atoms with Gasteiger partial charge in [0.1, 0.15) is 11.2 Å². The molecule has 0 atom stereocenters. The second-order valence-electron chi connectivity index (χ2n) is 15.5. The van der Waals surface area contributed by atoms with Crippen molar-refractivity contribution in [2.75, 3.05) is 0 Å². The van der Waals surface area contributed by atoms with Crippen LogP contribution in [-0.4, -0.2) is 15.0 Å². The van der Waals surface area contributed by atoms with Gasteiger partial charge in [0.2, 0.25) is 0 Å². The molecule has 0 N–H and O–H groups in total. The smallest absolute Gasteiger partial charge is 0.164 e. The van der Waals surface area contributed by atoms with E-state index in [1.807, 2.05) is 60.7 Å². The van der Waals surface area contributed by atoms with Gasteiger partial charge in [0.05, 0.1) is 5.41 Å². The van der Waals surface area contributed by atoms with Crippen molar-refractivity contribution in [1.82, 2.24) is 15.0 Å². The van der Waals surface area contributed by atoms with Gasteiger partial charge in [-0.3, -0.25) is 0 Å². The zero-order valence-corrected chi connectivity index (χ0v) is 31.1. The highest BCUT2D eigenvalue weighted by Gasteiger charge is 2.50. The molecule has 2 heterocycles. The van der Waals surface area contributed by atoms with Gasteiger partial charge in [0.15, 0.2) is 17.5 Å². The zero-order chi connectivity index (χ0) is 38.0. The van der Waals surface area contributed by atoms with E-state index in [1.54, 1.807) is 0 Å². The number of aromatic nitrogens is 3. The molecule has 1 spiro atoms. The molecule has 4 nitrogen and oxygen atoms in total. The molecular formula is C54H31N3O. The van der Waals surface area contributed by atoms with Gasteiger partial charge in [0.25, 0.3) is 0 Å². The van der Waals surface area contributed by atoms with Crippen molar-refractivity contribution in [2.24, 2.45) is 0 Å². The Balaban J connectivity index is 0.946. The van der Waals surface area contributed by atoms with E-state index < -0.39 is 5.41 Å². The first kappa shape index (κ1) is 31.5. The molecule has 268 valence electrons. The minimum atomic E-state index is -0.397. The van der Waals surface area contributed by atoms with E-state index >= 15 is 0 Å². The van der Waals surface area contributed by atoms with Gasteiger partial charge in [-0.25, -0.2) is 15.0 Å². The fourth-order valence-corrected chi connectivity index (χ4v) is 9.99. The van der Waals surface area contributed by atoms with Crippen LogP contribution in [0.15, 0.2) is 192 Å². The zero-order valence-electron chi connectivity index (χ0n) is 31.1. The van der Waals surface area contributed by atoms with Crippen molar-refractivity contribution in [2.45, 2.75) is 5.41 Å². The molecule has 13 rings (SSSR count). The highest BCUT2D eigenvalue weighted by atomic mass is 16.3. The third-order valence-corrected chi connectivity index (χ3v) is 12.5. The Labute approximate surface area is 333 Å². The van der Waals surface area contributed by atoms with Crippen molar-refractivity contribution < 1.29 is 4.42 Å². The van der Waals surface area contributed by atoms with E-state index in [9.17, 15) is 0 Å². The average molecular weight is 738 g/mol. The topological polar surface area (TPSA) is 51.8 Å². The molecular weight excluding hydrogens is 707 g/mol. The summed E-state index contributed by atoms with van der Waals surface area (Å²) in [5.41, 5.74) is 14.4. The van der Waals surface area contributed by atoms with Crippen LogP contribution < -0.4 is 0 Å². The number of para-hydroxylation sites is 1. The number of benzene rings is 9. The van der Waals surface area contributed by atoms with Crippen LogP contribution in [0.1, 0.15) is 22.3 Å². The molecule has 4 heteroatoms. The van der Waals surface area contributed by atoms with Gasteiger partial charge < -0.3 is 4.42 Å². The van der Waals surface area contributed by atoms with Crippen molar-refractivity contribution in [3.05, 3.63) is 210 Å². The van der Waals surface area contributed by atoms with E-state index in [1.165, 1.54) is 60.5 Å². The predicted octanol–water partition coefficient (Wildman–Crippen LogP) is 13.4. The number of hydrogen-bond donors (Lipinski definition) is 0. The Bertz CT molecular complexity index is 3450. The lowest BCUT2D eigenvalue weighted by molar-refractivity contribution is 0.669. The maximum Gasteiger partial charge on any atom is 0.164 e. The summed E-state index contributed by atoms with van der Waals surface area (Å²) >= 11 is 0. The Hall–Kier alpha value is -7.69. The number of rotatable bonds is 4. The first-order valence-electron chi connectivity index (χ1n) is 19.8. The van der Waals surface area contributed by atoms with Crippen LogP contribution in [0.4, 0.5) is 0 Å². The summed E-state index contributed by atoms with van der Waals surface area (Å²) in [6.45, 7) is 0. The fourth-order valence-electron chi connectivity index (χ4n) is 9.99. The van der Waals surface area contributed by atoms with Crippen LogP contribution in [0.3, 0.4) is 0 Å². The van der Waals surface area contributed by atoms with Crippen molar-refractivity contribution >= 4 is 43.5 Å². The van der Waals surface area contributed by atoms with Gasteiger partial charge in [-0.1, -0.05) is 158 Å². The summed E-state index contributed by atoms with van der Waals surface area (Å²) < 4.78 is 6.13. The largest absolute Gasteiger partial charge is 0.456 e. The monoisotopic (exact) mass is 737 g/mol.